The molecule has 18 heavy (non-hydrogen) atoms. The monoisotopic (exact) mass is 251 g/mol. The zero-order valence-electron chi connectivity index (χ0n) is 10.9. The number of hydrogen-bond donors (Lipinski definition) is 1. The van der Waals surface area contributed by atoms with E-state index in [2.05, 4.69) is 17.4 Å². The molecule has 1 aliphatic rings. The van der Waals surface area contributed by atoms with Gasteiger partial charge in [-0.15, -0.1) is 0 Å². The molecule has 0 atom stereocenters. The lowest BCUT2D eigenvalue weighted by Gasteiger charge is -2.09. The Bertz CT molecular complexity index is 368. The summed E-state index contributed by atoms with van der Waals surface area (Å²) in [5.41, 5.74) is 1.23. The lowest BCUT2D eigenvalue weighted by atomic mass is 10.1. The molecule has 0 aromatic heterocycles. The number of fused-ring (bicyclic) bond motifs is 1. The predicted molar refractivity (Wildman–Crippen MR) is 70.5 cm³/mol. The lowest BCUT2D eigenvalue weighted by molar-refractivity contribution is 0.140. The molecule has 0 fully saturated rings. The molecule has 0 unspecified atom stereocenters. The van der Waals surface area contributed by atoms with Crippen LogP contribution in [-0.2, 0) is 11.2 Å². The first-order chi connectivity index (χ1) is 8.90. The van der Waals surface area contributed by atoms with Gasteiger partial charge < -0.3 is 19.5 Å². The smallest absolute Gasteiger partial charge is 0.161 e. The number of nitrogens with one attached hydrogen (secondary N) is 1. The average Bonchev–Trinajstić information content (AvgIpc) is 2.63. The summed E-state index contributed by atoms with van der Waals surface area (Å²) in [7, 11) is 1.92. The van der Waals surface area contributed by atoms with Gasteiger partial charge in [0.25, 0.3) is 0 Å². The Morgan fingerprint density at radius 2 is 2.00 bits per heavy atom. The maximum Gasteiger partial charge on any atom is 0.161 e. The molecule has 0 radical (unpaired) electrons. The van der Waals surface area contributed by atoms with Crippen LogP contribution in [0.1, 0.15) is 12.0 Å². The molecule has 1 aromatic rings. The van der Waals surface area contributed by atoms with E-state index in [0.29, 0.717) is 0 Å². The Morgan fingerprint density at radius 3 is 2.83 bits per heavy atom. The van der Waals surface area contributed by atoms with Crippen LogP contribution in [0.3, 0.4) is 0 Å². The summed E-state index contributed by atoms with van der Waals surface area (Å²) >= 11 is 0. The Kier molecular flexibility index (Phi) is 5.30. The van der Waals surface area contributed by atoms with Gasteiger partial charge in [0.05, 0.1) is 26.4 Å². The normalized spacial score (nSPS) is 14.3. The van der Waals surface area contributed by atoms with Crippen molar-refractivity contribution in [1.29, 1.82) is 0 Å². The van der Waals surface area contributed by atoms with Crippen LogP contribution in [0.25, 0.3) is 0 Å². The van der Waals surface area contributed by atoms with E-state index in [0.717, 1.165) is 57.3 Å². The number of likely N-dealkylation sites (N-methyl/N-ethyl adjacent to an activating group) is 1. The third kappa shape index (κ3) is 3.89. The van der Waals surface area contributed by atoms with Gasteiger partial charge in [-0.3, -0.25) is 0 Å². The van der Waals surface area contributed by atoms with Crippen molar-refractivity contribution in [3.63, 3.8) is 0 Å². The van der Waals surface area contributed by atoms with Gasteiger partial charge >= 0.3 is 0 Å². The van der Waals surface area contributed by atoms with Gasteiger partial charge in [-0.25, -0.2) is 0 Å². The second kappa shape index (κ2) is 7.24. The van der Waals surface area contributed by atoms with Gasteiger partial charge in [0, 0.05) is 13.0 Å². The van der Waals surface area contributed by atoms with Crippen LogP contribution in [0.15, 0.2) is 18.2 Å². The minimum Gasteiger partial charge on any atom is -0.490 e. The topological polar surface area (TPSA) is 39.7 Å². The van der Waals surface area contributed by atoms with E-state index in [1.54, 1.807) is 0 Å². The summed E-state index contributed by atoms with van der Waals surface area (Å²) in [6.45, 7) is 3.85. The first-order valence-corrected chi connectivity index (χ1v) is 6.51. The van der Waals surface area contributed by atoms with Gasteiger partial charge in [0.15, 0.2) is 11.5 Å². The molecule has 100 valence electrons. The molecule has 0 spiro atoms. The molecule has 4 heteroatoms. The van der Waals surface area contributed by atoms with Crippen molar-refractivity contribution in [3.05, 3.63) is 23.8 Å². The van der Waals surface area contributed by atoms with E-state index in [-0.39, 0.29) is 0 Å². The fourth-order valence-corrected chi connectivity index (χ4v) is 1.83. The van der Waals surface area contributed by atoms with Crippen LogP contribution >= 0.6 is 0 Å². The average molecular weight is 251 g/mol. The first-order valence-electron chi connectivity index (χ1n) is 6.51. The van der Waals surface area contributed by atoms with Crippen molar-refractivity contribution >= 4 is 0 Å². The zero-order valence-corrected chi connectivity index (χ0v) is 10.9. The fourth-order valence-electron chi connectivity index (χ4n) is 1.83. The second-order valence-corrected chi connectivity index (χ2v) is 4.30. The largest absolute Gasteiger partial charge is 0.490 e. The third-order valence-electron chi connectivity index (χ3n) is 2.84. The Hall–Kier alpha value is -1.26. The van der Waals surface area contributed by atoms with E-state index in [1.165, 1.54) is 5.56 Å². The Labute approximate surface area is 108 Å². The molecule has 0 saturated carbocycles. The van der Waals surface area contributed by atoms with Crippen molar-refractivity contribution in [2.45, 2.75) is 12.8 Å². The van der Waals surface area contributed by atoms with E-state index in [4.69, 9.17) is 14.2 Å². The molecule has 0 amide bonds. The Morgan fingerprint density at radius 1 is 1.17 bits per heavy atom. The molecule has 2 rings (SSSR count). The number of rotatable bonds is 6. The number of ether oxygens (including phenoxy) is 3. The van der Waals surface area contributed by atoms with Gasteiger partial charge in [-0.05, 0) is 31.2 Å². The first kappa shape index (κ1) is 13.2. The van der Waals surface area contributed by atoms with E-state index in [1.807, 2.05) is 13.1 Å². The van der Waals surface area contributed by atoms with Crippen LogP contribution in [0.5, 0.6) is 11.5 Å². The van der Waals surface area contributed by atoms with Crippen LogP contribution in [0.2, 0.25) is 0 Å². The minimum absolute atomic E-state index is 0.731. The summed E-state index contributed by atoms with van der Waals surface area (Å²) in [5, 5.41) is 3.05. The molecule has 0 aliphatic carbocycles. The molecule has 1 heterocycles. The van der Waals surface area contributed by atoms with E-state index >= 15 is 0 Å². The van der Waals surface area contributed by atoms with Crippen molar-refractivity contribution in [1.82, 2.24) is 5.32 Å². The van der Waals surface area contributed by atoms with Gasteiger partial charge in [-0.2, -0.15) is 0 Å². The molecular formula is C14H21NO3. The maximum absolute atomic E-state index is 5.66. The van der Waals surface area contributed by atoms with Crippen molar-refractivity contribution in [2.24, 2.45) is 0 Å². The van der Waals surface area contributed by atoms with Gasteiger partial charge in [-0.1, -0.05) is 6.07 Å². The van der Waals surface area contributed by atoms with E-state index < -0.39 is 0 Å². The van der Waals surface area contributed by atoms with Crippen LogP contribution in [-0.4, -0.2) is 40.0 Å². The van der Waals surface area contributed by atoms with Crippen LogP contribution < -0.4 is 14.8 Å². The third-order valence-corrected chi connectivity index (χ3v) is 2.84. The lowest BCUT2D eigenvalue weighted by Crippen LogP contribution is -2.15. The number of hydrogen-bond acceptors (Lipinski definition) is 4. The number of benzene rings is 1. The van der Waals surface area contributed by atoms with Crippen molar-refractivity contribution in [2.75, 3.05) is 40.0 Å². The summed E-state index contributed by atoms with van der Waals surface area (Å²) < 4.78 is 16.8. The summed E-state index contributed by atoms with van der Waals surface area (Å²) in [4.78, 5) is 0. The molecule has 1 N–H and O–H groups in total. The van der Waals surface area contributed by atoms with Crippen molar-refractivity contribution < 1.29 is 14.2 Å². The molecular weight excluding hydrogens is 230 g/mol. The summed E-state index contributed by atoms with van der Waals surface area (Å²) in [6.07, 6.45) is 1.84. The summed E-state index contributed by atoms with van der Waals surface area (Å²) in [5.74, 6) is 1.72. The van der Waals surface area contributed by atoms with Crippen LogP contribution in [0.4, 0.5) is 0 Å². The predicted octanol–water partition coefficient (Wildman–Crippen LogP) is 1.63. The second-order valence-electron chi connectivity index (χ2n) is 4.30. The van der Waals surface area contributed by atoms with E-state index in [9.17, 15) is 0 Å². The molecule has 4 nitrogen and oxygen atoms in total. The highest BCUT2D eigenvalue weighted by molar-refractivity contribution is 5.43. The summed E-state index contributed by atoms with van der Waals surface area (Å²) in [6, 6.07) is 6.13. The SMILES string of the molecule is CNCCOCCc1ccc2c(c1)OCCCO2. The maximum atomic E-state index is 5.66. The van der Waals surface area contributed by atoms with Crippen molar-refractivity contribution in [3.8, 4) is 11.5 Å². The highest BCUT2D eigenvalue weighted by atomic mass is 16.5. The molecule has 0 bridgehead atoms. The Balaban J connectivity index is 1.84. The minimum atomic E-state index is 0.731. The van der Waals surface area contributed by atoms with Gasteiger partial charge in [0.1, 0.15) is 0 Å². The zero-order chi connectivity index (χ0) is 12.6. The fraction of sp³-hybridized carbons (Fsp3) is 0.571. The highest BCUT2D eigenvalue weighted by Crippen LogP contribution is 2.30. The molecule has 1 aliphatic heterocycles. The van der Waals surface area contributed by atoms with Crippen LogP contribution in [0, 0.1) is 0 Å². The highest BCUT2D eigenvalue weighted by Gasteiger charge is 2.10. The van der Waals surface area contributed by atoms with Gasteiger partial charge in [0.2, 0.25) is 0 Å². The molecule has 0 saturated heterocycles. The molecule has 1 aromatic carbocycles. The standard InChI is InChI=1S/C14H21NO3/c1-15-6-10-16-9-5-12-3-4-13-14(11-12)18-8-2-7-17-13/h3-4,11,15H,2,5-10H2,1H3. The quantitative estimate of drug-likeness (QED) is 0.780.